The third-order valence-electron chi connectivity index (χ3n) is 4.05. The van der Waals surface area contributed by atoms with Crippen molar-refractivity contribution in [2.24, 2.45) is 0 Å². The maximum Gasteiger partial charge on any atom is 0.267 e. The highest BCUT2D eigenvalue weighted by atomic mass is 35.5. The van der Waals surface area contributed by atoms with E-state index in [0.29, 0.717) is 38.2 Å². The van der Waals surface area contributed by atoms with Crippen LogP contribution in [0.3, 0.4) is 0 Å². The molecule has 11 heteroatoms. The number of amides is 2. The molecule has 31 heavy (non-hydrogen) atoms. The summed E-state index contributed by atoms with van der Waals surface area (Å²) in [5, 5.41) is 8.06. The van der Waals surface area contributed by atoms with E-state index in [2.05, 4.69) is 37.6 Å². The van der Waals surface area contributed by atoms with Crippen molar-refractivity contribution in [3.63, 3.8) is 0 Å². The number of hydrazine groups is 1. The van der Waals surface area contributed by atoms with Gasteiger partial charge in [-0.15, -0.1) is 0 Å². The Bertz CT molecular complexity index is 1130. The summed E-state index contributed by atoms with van der Waals surface area (Å²) in [6.45, 7) is 7.03. The van der Waals surface area contributed by atoms with Crippen LogP contribution in [0.15, 0.2) is 43.1 Å². The molecule has 1 aromatic carbocycles. The molecule has 0 spiro atoms. The van der Waals surface area contributed by atoms with Crippen LogP contribution in [0.25, 0.3) is 0 Å². The van der Waals surface area contributed by atoms with Crippen LogP contribution >= 0.6 is 22.9 Å². The topological polar surface area (TPSA) is 112 Å². The van der Waals surface area contributed by atoms with Crippen LogP contribution in [0.4, 0.5) is 22.5 Å². The molecule has 160 valence electrons. The lowest BCUT2D eigenvalue weighted by molar-refractivity contribution is -0.123. The minimum atomic E-state index is -0.312. The minimum Gasteiger partial charge on any atom is -0.320 e. The monoisotopic (exact) mass is 457 g/mol. The van der Waals surface area contributed by atoms with Gasteiger partial charge < -0.3 is 10.6 Å². The summed E-state index contributed by atoms with van der Waals surface area (Å²) in [4.78, 5) is 37.4. The van der Waals surface area contributed by atoms with Crippen molar-refractivity contribution in [3.8, 4) is 0 Å². The summed E-state index contributed by atoms with van der Waals surface area (Å²) in [5.74, 6) is 0.729. The Hall–Kier alpha value is -3.50. The predicted octanol–water partition coefficient (Wildman–Crippen LogP) is 4.17. The second kappa shape index (κ2) is 9.54. The van der Waals surface area contributed by atoms with Crippen LogP contribution in [0.5, 0.6) is 0 Å². The molecule has 0 saturated carbocycles. The molecule has 0 aliphatic heterocycles. The van der Waals surface area contributed by atoms with Crippen LogP contribution in [0, 0.1) is 13.8 Å². The van der Waals surface area contributed by atoms with Gasteiger partial charge in [0.1, 0.15) is 16.5 Å². The van der Waals surface area contributed by atoms with Crippen molar-refractivity contribution < 1.29 is 9.59 Å². The zero-order valence-electron chi connectivity index (χ0n) is 17.1. The van der Waals surface area contributed by atoms with Gasteiger partial charge in [0.25, 0.3) is 11.8 Å². The second-order valence-corrected chi connectivity index (χ2v) is 7.88. The number of hydrogen-bond acceptors (Lipinski definition) is 8. The highest BCUT2D eigenvalue weighted by Gasteiger charge is 2.15. The average Bonchev–Trinajstić information content (AvgIpc) is 3.18. The van der Waals surface area contributed by atoms with Gasteiger partial charge >= 0.3 is 0 Å². The lowest BCUT2D eigenvalue weighted by Crippen LogP contribution is -2.31. The number of halogens is 1. The number of thiazole rings is 1. The first-order valence-corrected chi connectivity index (χ1v) is 10.3. The standard InChI is InChI=1S/C20H20ClN7O2S/c1-5-17(29)28(4)27-16-9-15(23-12(3)24-16)25-20-22-10-14(31-20)19(30)26-18-11(2)7-6-8-13(18)21/h5-10H,1H2,2-4H3,(H,26,30)(H2,22,23,24,25,27). The van der Waals surface area contributed by atoms with Crippen molar-refractivity contribution in [2.75, 3.05) is 23.1 Å². The lowest BCUT2D eigenvalue weighted by Gasteiger charge is -2.17. The largest absolute Gasteiger partial charge is 0.320 e. The molecule has 3 N–H and O–H groups in total. The molecule has 0 saturated heterocycles. The van der Waals surface area contributed by atoms with Gasteiger partial charge in [-0.3, -0.25) is 20.0 Å². The molecule has 0 aliphatic carbocycles. The van der Waals surface area contributed by atoms with Gasteiger partial charge in [0.05, 0.1) is 16.9 Å². The van der Waals surface area contributed by atoms with E-state index in [1.807, 2.05) is 19.1 Å². The third kappa shape index (κ3) is 5.56. The number of nitrogens with one attached hydrogen (secondary N) is 3. The molecule has 2 amide bonds. The predicted molar refractivity (Wildman–Crippen MR) is 123 cm³/mol. The molecular formula is C20H20ClN7O2S. The summed E-state index contributed by atoms with van der Waals surface area (Å²) in [6, 6.07) is 7.02. The molecule has 2 heterocycles. The minimum absolute atomic E-state index is 0.310. The molecule has 2 aromatic heterocycles. The summed E-state index contributed by atoms with van der Waals surface area (Å²) >= 11 is 7.34. The number of para-hydroxylation sites is 1. The number of carbonyl (C=O) groups excluding carboxylic acids is 2. The smallest absolute Gasteiger partial charge is 0.267 e. The molecule has 0 aliphatic rings. The molecule has 0 atom stereocenters. The summed E-state index contributed by atoms with van der Waals surface area (Å²) in [7, 11) is 1.56. The molecule has 0 unspecified atom stereocenters. The quantitative estimate of drug-likeness (QED) is 0.360. The number of likely N-dealkylation sites (N-methyl/N-ethyl adjacent to an activating group) is 1. The molecule has 0 fully saturated rings. The fourth-order valence-electron chi connectivity index (χ4n) is 2.56. The molecule has 0 bridgehead atoms. The zero-order valence-corrected chi connectivity index (χ0v) is 18.6. The lowest BCUT2D eigenvalue weighted by atomic mass is 10.2. The highest BCUT2D eigenvalue weighted by Crippen LogP contribution is 2.28. The Kier molecular flexibility index (Phi) is 6.83. The first kappa shape index (κ1) is 22.2. The Morgan fingerprint density at radius 2 is 1.97 bits per heavy atom. The van der Waals surface area contributed by atoms with Gasteiger partial charge in [-0.25, -0.2) is 15.0 Å². The number of benzene rings is 1. The third-order valence-corrected chi connectivity index (χ3v) is 5.28. The van der Waals surface area contributed by atoms with Crippen LogP contribution in [-0.2, 0) is 4.79 Å². The van der Waals surface area contributed by atoms with E-state index in [-0.39, 0.29) is 11.8 Å². The number of hydrogen-bond donors (Lipinski definition) is 3. The van der Waals surface area contributed by atoms with Gasteiger partial charge in [-0.1, -0.05) is 41.6 Å². The molecule has 3 rings (SSSR count). The van der Waals surface area contributed by atoms with Gasteiger partial charge in [0, 0.05) is 13.1 Å². The average molecular weight is 458 g/mol. The van der Waals surface area contributed by atoms with E-state index in [9.17, 15) is 9.59 Å². The zero-order chi connectivity index (χ0) is 22.5. The van der Waals surface area contributed by atoms with Gasteiger partial charge in [0.2, 0.25) is 0 Å². The Balaban J connectivity index is 1.73. The van der Waals surface area contributed by atoms with E-state index in [0.717, 1.165) is 16.9 Å². The Morgan fingerprint density at radius 1 is 1.23 bits per heavy atom. The molecule has 3 aromatic rings. The van der Waals surface area contributed by atoms with Crippen molar-refractivity contribution >= 4 is 57.2 Å². The van der Waals surface area contributed by atoms with Crippen LogP contribution in [0.1, 0.15) is 21.1 Å². The number of nitrogens with zero attached hydrogens (tertiary/aromatic N) is 4. The van der Waals surface area contributed by atoms with E-state index in [1.165, 1.54) is 17.3 Å². The number of rotatable bonds is 7. The SMILES string of the molecule is C=CC(=O)N(C)Nc1cc(Nc2ncc(C(=O)Nc3c(C)cccc3Cl)s2)nc(C)n1. The van der Waals surface area contributed by atoms with Gasteiger partial charge in [0.15, 0.2) is 10.9 Å². The number of aromatic nitrogens is 3. The number of aryl methyl sites for hydroxylation is 2. The molecule has 9 nitrogen and oxygen atoms in total. The maximum absolute atomic E-state index is 12.6. The van der Waals surface area contributed by atoms with E-state index < -0.39 is 0 Å². The normalized spacial score (nSPS) is 10.3. The van der Waals surface area contributed by atoms with Gasteiger partial charge in [-0.2, -0.15) is 0 Å². The van der Waals surface area contributed by atoms with Gasteiger partial charge in [-0.05, 0) is 31.6 Å². The number of anilines is 4. The highest BCUT2D eigenvalue weighted by molar-refractivity contribution is 7.17. The fourth-order valence-corrected chi connectivity index (χ4v) is 3.55. The first-order valence-electron chi connectivity index (χ1n) is 9.08. The molecule has 0 radical (unpaired) electrons. The van der Waals surface area contributed by atoms with Crippen LogP contribution in [-0.4, -0.2) is 38.8 Å². The summed E-state index contributed by atoms with van der Waals surface area (Å²) in [5.41, 5.74) is 4.28. The van der Waals surface area contributed by atoms with Crippen LogP contribution in [0.2, 0.25) is 5.02 Å². The van der Waals surface area contributed by atoms with Crippen molar-refractivity contribution in [2.45, 2.75) is 13.8 Å². The maximum atomic E-state index is 12.6. The van der Waals surface area contributed by atoms with E-state index in [4.69, 9.17) is 11.6 Å². The Labute approximate surface area is 188 Å². The van der Waals surface area contributed by atoms with Crippen LogP contribution < -0.4 is 16.1 Å². The van der Waals surface area contributed by atoms with E-state index in [1.54, 1.807) is 26.1 Å². The summed E-state index contributed by atoms with van der Waals surface area (Å²) < 4.78 is 0. The van der Waals surface area contributed by atoms with Crippen molar-refractivity contribution in [1.29, 1.82) is 0 Å². The Morgan fingerprint density at radius 3 is 2.68 bits per heavy atom. The van der Waals surface area contributed by atoms with Crippen molar-refractivity contribution in [3.05, 3.63) is 64.4 Å². The second-order valence-electron chi connectivity index (χ2n) is 6.44. The first-order chi connectivity index (χ1) is 14.8. The number of carbonyl (C=O) groups is 2. The molecular weight excluding hydrogens is 438 g/mol. The van der Waals surface area contributed by atoms with E-state index >= 15 is 0 Å². The summed E-state index contributed by atoms with van der Waals surface area (Å²) in [6.07, 6.45) is 2.66. The van der Waals surface area contributed by atoms with Crippen molar-refractivity contribution in [1.82, 2.24) is 20.0 Å². The fraction of sp³-hybridized carbons (Fsp3) is 0.150.